The first-order valence-corrected chi connectivity index (χ1v) is 12.6. The molecule has 2 aromatic heterocycles. The summed E-state index contributed by atoms with van der Waals surface area (Å²) in [6.07, 6.45) is 5.68. The summed E-state index contributed by atoms with van der Waals surface area (Å²) in [6, 6.07) is 10.5. The summed E-state index contributed by atoms with van der Waals surface area (Å²) in [5, 5.41) is 7.47. The predicted octanol–water partition coefficient (Wildman–Crippen LogP) is 5.06. The van der Waals surface area contributed by atoms with Gasteiger partial charge in [-0.1, -0.05) is 24.1 Å². The number of aliphatic imine (C=N–C) groups is 1. The van der Waals surface area contributed by atoms with Crippen LogP contribution in [0.2, 0.25) is 0 Å². The molecular weight excluding hydrogens is 452 g/mol. The molecule has 4 rings (SSSR count). The maximum atomic E-state index is 13.3. The lowest BCUT2D eigenvalue weighted by atomic mass is 9.96. The summed E-state index contributed by atoms with van der Waals surface area (Å²) in [4.78, 5) is 22.2. The molecule has 1 aromatic carbocycles. The van der Waals surface area contributed by atoms with Crippen LogP contribution in [0.4, 0.5) is 4.79 Å². The molecule has 0 aliphatic carbocycles. The Labute approximate surface area is 213 Å². The third-order valence-corrected chi connectivity index (χ3v) is 6.93. The molecule has 2 unspecified atom stereocenters. The Balaban J connectivity index is 1.58. The molecule has 3 N–H and O–H groups in total. The molecule has 0 spiro atoms. The van der Waals surface area contributed by atoms with Crippen molar-refractivity contribution < 1.29 is 14.0 Å². The van der Waals surface area contributed by atoms with Crippen molar-refractivity contribution in [3.8, 4) is 11.3 Å². The van der Waals surface area contributed by atoms with Crippen LogP contribution in [0.15, 0.2) is 53.9 Å². The maximum Gasteiger partial charge on any atom is 0.524 e. The molecule has 1 fully saturated rings. The lowest BCUT2D eigenvalue weighted by molar-refractivity contribution is -0.755. The van der Waals surface area contributed by atoms with E-state index in [2.05, 4.69) is 54.2 Å². The van der Waals surface area contributed by atoms with Crippen molar-refractivity contribution in [3.63, 3.8) is 0 Å². The Hall–Kier alpha value is -3.52. The highest BCUT2D eigenvalue weighted by atomic mass is 16.6. The van der Waals surface area contributed by atoms with E-state index in [0.717, 1.165) is 28.8 Å². The van der Waals surface area contributed by atoms with Crippen molar-refractivity contribution in [3.05, 3.63) is 71.2 Å². The van der Waals surface area contributed by atoms with Gasteiger partial charge in [0.15, 0.2) is 0 Å². The van der Waals surface area contributed by atoms with Crippen molar-refractivity contribution in [2.24, 2.45) is 10.7 Å². The zero-order valence-corrected chi connectivity index (χ0v) is 21.9. The Kier molecular flexibility index (Phi) is 7.54. The summed E-state index contributed by atoms with van der Waals surface area (Å²) in [6.45, 7) is 11.5. The first-order valence-electron chi connectivity index (χ1n) is 12.6. The summed E-state index contributed by atoms with van der Waals surface area (Å²) < 4.78 is 5.59. The number of pyridine rings is 1. The van der Waals surface area contributed by atoms with Crippen LogP contribution in [-0.4, -0.2) is 57.5 Å². The van der Waals surface area contributed by atoms with Gasteiger partial charge in [-0.3, -0.25) is 10.1 Å². The van der Waals surface area contributed by atoms with Gasteiger partial charge < -0.3 is 10.5 Å². The number of likely N-dealkylation sites (tertiary alicyclic amines) is 1. The second-order valence-corrected chi connectivity index (χ2v) is 10.2. The molecule has 36 heavy (non-hydrogen) atoms. The Bertz CT molecular complexity index is 1220. The Morgan fingerprint density at radius 2 is 1.89 bits per heavy atom. The molecule has 0 bridgehead atoms. The number of guanidine groups is 1. The van der Waals surface area contributed by atoms with Crippen molar-refractivity contribution >= 4 is 12.1 Å². The van der Waals surface area contributed by atoms with Crippen molar-refractivity contribution in [2.75, 3.05) is 19.6 Å². The highest BCUT2D eigenvalue weighted by Crippen LogP contribution is 2.34. The van der Waals surface area contributed by atoms with Gasteiger partial charge in [0.25, 0.3) is 0 Å². The number of hydrogen-bond donors (Lipinski definition) is 2. The van der Waals surface area contributed by atoms with Crippen LogP contribution in [-0.2, 0) is 4.74 Å². The van der Waals surface area contributed by atoms with Crippen molar-refractivity contribution in [2.45, 2.75) is 59.0 Å². The summed E-state index contributed by atoms with van der Waals surface area (Å²) >= 11 is 0. The number of benzene rings is 1. The molecule has 3 heterocycles. The van der Waals surface area contributed by atoms with Gasteiger partial charge in [-0.25, -0.2) is 4.99 Å². The van der Waals surface area contributed by atoms with Gasteiger partial charge in [0.05, 0.1) is 25.0 Å². The van der Waals surface area contributed by atoms with Crippen LogP contribution in [0.25, 0.3) is 11.3 Å². The fourth-order valence-electron chi connectivity index (χ4n) is 5.10. The lowest BCUT2D eigenvalue weighted by Crippen LogP contribution is -2.59. The topological polar surface area (TPSA) is 106 Å². The summed E-state index contributed by atoms with van der Waals surface area (Å²) in [7, 11) is 0. The molecule has 190 valence electrons. The molecule has 3 atom stereocenters. The maximum absolute atomic E-state index is 13.3. The van der Waals surface area contributed by atoms with Crippen LogP contribution < -0.4 is 5.73 Å². The molecule has 1 saturated heterocycles. The number of aryl methyl sites for hydroxylation is 2. The van der Waals surface area contributed by atoms with Gasteiger partial charge in [0, 0.05) is 41.8 Å². The normalized spacial score (nSPS) is 21.1. The number of ether oxygens (including phenoxy) is 1. The number of aromatic nitrogens is 3. The molecule has 8 nitrogen and oxygen atoms in total. The first-order chi connectivity index (χ1) is 17.2. The lowest BCUT2D eigenvalue weighted by Gasteiger charge is -2.29. The number of nitrogens with one attached hydrogen (secondary N) is 1. The van der Waals surface area contributed by atoms with Gasteiger partial charge in [0.2, 0.25) is 0 Å². The molecule has 8 heteroatoms. The number of amides is 1. The van der Waals surface area contributed by atoms with E-state index in [-0.39, 0.29) is 28.5 Å². The van der Waals surface area contributed by atoms with E-state index >= 15 is 0 Å². The monoisotopic (exact) mass is 489 g/mol. The number of rotatable bonds is 6. The minimum absolute atomic E-state index is 0.0536. The van der Waals surface area contributed by atoms with E-state index < -0.39 is 0 Å². The number of hydrogen-bond acceptors (Lipinski definition) is 5. The number of nitrogens with two attached hydrogens (primary N) is 1. The number of H-pyrrole nitrogens is 1. The van der Waals surface area contributed by atoms with Crippen LogP contribution in [0.5, 0.6) is 0 Å². The standard InChI is InChI=1S/C28H37N6O2/c1-18(2)36-28(35)34(11-8-23(17-34)22-6-9-30-10-7-22)27(29)31-15-21(5)25-16-32-33-26(25)24-13-19(3)12-20(4)14-24/h6-7,9-10,12-14,16,18,21,23H,8,11,15,17H2,1-5H3,(H2,29,31)(H,32,33)/q+1/t21-,23?,34?/m1/s1. The SMILES string of the molecule is Cc1cc(C)cc(-c2[nH]ncc2[C@H](C)CN=C(N)[N+]2(C(=O)OC(C)C)CCC(c3ccncc3)C2)c1. The van der Waals surface area contributed by atoms with Crippen molar-refractivity contribution in [1.29, 1.82) is 0 Å². The number of quaternary nitrogens is 1. The number of nitrogens with zero attached hydrogens (tertiary/aromatic N) is 4. The fraction of sp³-hybridized carbons (Fsp3) is 0.429. The van der Waals surface area contributed by atoms with E-state index in [4.69, 9.17) is 15.5 Å². The average molecular weight is 490 g/mol. The second kappa shape index (κ2) is 10.6. The Morgan fingerprint density at radius 3 is 2.56 bits per heavy atom. The summed E-state index contributed by atoms with van der Waals surface area (Å²) in [5.74, 6) is 0.544. The zero-order valence-electron chi connectivity index (χ0n) is 21.9. The molecule has 3 aromatic rings. The van der Waals surface area contributed by atoms with E-state index in [1.54, 1.807) is 12.4 Å². The number of carbonyl (C=O) groups is 1. The van der Waals surface area contributed by atoms with Gasteiger partial charge in [-0.2, -0.15) is 14.4 Å². The van der Waals surface area contributed by atoms with E-state index in [1.165, 1.54) is 11.1 Å². The van der Waals surface area contributed by atoms with E-state index in [0.29, 0.717) is 25.6 Å². The Morgan fingerprint density at radius 1 is 1.19 bits per heavy atom. The highest BCUT2D eigenvalue weighted by molar-refractivity contribution is 5.83. The molecule has 0 saturated carbocycles. The molecule has 1 amide bonds. The highest BCUT2D eigenvalue weighted by Gasteiger charge is 2.51. The molecule has 1 aliphatic rings. The van der Waals surface area contributed by atoms with E-state index in [1.807, 2.05) is 32.2 Å². The molecule has 0 radical (unpaired) electrons. The predicted molar refractivity (Wildman–Crippen MR) is 142 cm³/mol. The minimum atomic E-state index is -0.338. The van der Waals surface area contributed by atoms with Gasteiger partial charge in [-0.15, -0.1) is 0 Å². The largest absolute Gasteiger partial charge is 0.524 e. The van der Waals surface area contributed by atoms with Crippen LogP contribution >= 0.6 is 0 Å². The molecular formula is C28H37N6O2+. The second-order valence-electron chi connectivity index (χ2n) is 10.2. The third-order valence-electron chi connectivity index (χ3n) is 6.93. The van der Waals surface area contributed by atoms with E-state index in [9.17, 15) is 4.79 Å². The van der Waals surface area contributed by atoms with Crippen molar-refractivity contribution in [1.82, 2.24) is 15.2 Å². The van der Waals surface area contributed by atoms with Gasteiger partial charge >= 0.3 is 12.1 Å². The quantitative estimate of drug-likeness (QED) is 0.286. The van der Waals surface area contributed by atoms with Gasteiger partial charge in [-0.05, 0) is 57.5 Å². The van der Waals surface area contributed by atoms with Gasteiger partial charge in [0.1, 0.15) is 12.6 Å². The third kappa shape index (κ3) is 5.33. The van der Waals surface area contributed by atoms with Crippen LogP contribution in [0.3, 0.4) is 0 Å². The zero-order chi connectivity index (χ0) is 25.9. The number of aromatic amines is 1. The number of carbonyl (C=O) groups excluding carboxylic acids is 1. The fourth-order valence-corrected chi connectivity index (χ4v) is 5.10. The molecule has 1 aliphatic heterocycles. The van der Waals surface area contributed by atoms with Crippen LogP contribution in [0.1, 0.15) is 61.3 Å². The first kappa shape index (κ1) is 25.6. The minimum Gasteiger partial charge on any atom is -0.417 e. The smallest absolute Gasteiger partial charge is 0.417 e. The average Bonchev–Trinajstić information content (AvgIpc) is 3.51. The summed E-state index contributed by atoms with van der Waals surface area (Å²) in [5.41, 5.74) is 13.3. The van der Waals surface area contributed by atoms with Crippen LogP contribution in [0, 0.1) is 13.8 Å².